The fraction of sp³-hybridized carbons (Fsp3) is 0.370. The Morgan fingerprint density at radius 1 is 1.21 bits per heavy atom. The second-order valence-corrected chi connectivity index (χ2v) is 8.71. The molecule has 0 aliphatic carbocycles. The molecule has 2 N–H and O–H groups in total. The SMILES string of the molecule is C=C(c1ccc(SC)cc1)N(Cc1ccccc1OCCC[C@@H](N)CC(=O)OC)/C(C)=C\C. The lowest BCUT2D eigenvalue weighted by atomic mass is 10.1. The van der Waals surface area contributed by atoms with E-state index in [0.717, 1.165) is 34.7 Å². The molecule has 178 valence electrons. The molecular weight excluding hydrogens is 432 g/mol. The number of esters is 1. The predicted octanol–water partition coefficient (Wildman–Crippen LogP) is 5.85. The predicted molar refractivity (Wildman–Crippen MR) is 138 cm³/mol. The van der Waals surface area contributed by atoms with Crippen LogP contribution < -0.4 is 10.5 Å². The van der Waals surface area contributed by atoms with Crippen molar-refractivity contribution in [1.82, 2.24) is 4.90 Å². The molecule has 0 aliphatic rings. The van der Waals surface area contributed by atoms with Crippen LogP contribution in [-0.4, -0.2) is 36.9 Å². The number of para-hydroxylation sites is 1. The molecule has 0 amide bonds. The molecule has 2 aromatic carbocycles. The molecule has 0 spiro atoms. The quantitative estimate of drug-likeness (QED) is 0.226. The minimum atomic E-state index is -0.281. The zero-order valence-corrected chi connectivity index (χ0v) is 21.0. The van der Waals surface area contributed by atoms with Gasteiger partial charge in [-0.05, 0) is 56.7 Å². The van der Waals surface area contributed by atoms with E-state index in [1.807, 2.05) is 25.1 Å². The minimum absolute atomic E-state index is 0.218. The van der Waals surface area contributed by atoms with Crippen molar-refractivity contribution in [2.45, 2.75) is 50.6 Å². The van der Waals surface area contributed by atoms with E-state index in [2.05, 4.69) is 65.8 Å². The largest absolute Gasteiger partial charge is 0.493 e. The Kier molecular flexibility index (Phi) is 11.1. The smallest absolute Gasteiger partial charge is 0.307 e. The van der Waals surface area contributed by atoms with Gasteiger partial charge in [0.15, 0.2) is 0 Å². The first-order valence-corrected chi connectivity index (χ1v) is 12.4. The number of hydrogen-bond acceptors (Lipinski definition) is 6. The number of hydrogen-bond donors (Lipinski definition) is 1. The van der Waals surface area contributed by atoms with Crippen LogP contribution in [0.25, 0.3) is 5.70 Å². The van der Waals surface area contributed by atoms with Crippen LogP contribution in [0.1, 0.15) is 44.2 Å². The number of thioether (sulfide) groups is 1. The molecule has 0 aromatic heterocycles. The van der Waals surface area contributed by atoms with Gasteiger partial charge in [-0.2, -0.15) is 0 Å². The van der Waals surface area contributed by atoms with E-state index in [1.54, 1.807) is 11.8 Å². The maximum Gasteiger partial charge on any atom is 0.307 e. The fourth-order valence-corrected chi connectivity index (χ4v) is 3.81. The molecule has 2 aromatic rings. The first kappa shape index (κ1) is 26.6. The van der Waals surface area contributed by atoms with Crippen molar-refractivity contribution in [3.8, 4) is 5.75 Å². The molecular formula is C27H36N2O3S. The summed E-state index contributed by atoms with van der Waals surface area (Å²) in [7, 11) is 1.38. The summed E-state index contributed by atoms with van der Waals surface area (Å²) >= 11 is 1.73. The fourth-order valence-electron chi connectivity index (χ4n) is 3.40. The maximum atomic E-state index is 11.3. The summed E-state index contributed by atoms with van der Waals surface area (Å²) in [6.45, 7) is 9.70. The molecule has 0 radical (unpaired) electrons. The maximum absolute atomic E-state index is 11.3. The highest BCUT2D eigenvalue weighted by Gasteiger charge is 2.15. The minimum Gasteiger partial charge on any atom is -0.493 e. The van der Waals surface area contributed by atoms with E-state index in [-0.39, 0.29) is 18.4 Å². The van der Waals surface area contributed by atoms with Crippen molar-refractivity contribution in [2.24, 2.45) is 5.73 Å². The number of ether oxygens (including phenoxy) is 2. The molecule has 33 heavy (non-hydrogen) atoms. The first-order chi connectivity index (χ1) is 15.9. The van der Waals surface area contributed by atoms with Crippen molar-refractivity contribution in [1.29, 1.82) is 0 Å². The Balaban J connectivity index is 2.07. The van der Waals surface area contributed by atoms with Crippen LogP contribution in [-0.2, 0) is 16.1 Å². The number of carbonyl (C=O) groups excluding carboxylic acids is 1. The van der Waals surface area contributed by atoms with Crippen LogP contribution >= 0.6 is 11.8 Å². The summed E-state index contributed by atoms with van der Waals surface area (Å²) in [5.41, 5.74) is 10.2. The van der Waals surface area contributed by atoms with Crippen LogP contribution in [0.2, 0.25) is 0 Å². The van der Waals surface area contributed by atoms with Gasteiger partial charge in [-0.3, -0.25) is 4.79 Å². The molecule has 2 rings (SSSR count). The summed E-state index contributed by atoms with van der Waals surface area (Å²) in [6.07, 6.45) is 5.85. The van der Waals surface area contributed by atoms with Gasteiger partial charge in [0, 0.05) is 27.9 Å². The third-order valence-corrected chi connectivity index (χ3v) is 6.27. The number of methoxy groups -OCH3 is 1. The lowest BCUT2D eigenvalue weighted by Gasteiger charge is -2.29. The third-order valence-electron chi connectivity index (χ3n) is 5.53. The Labute approximate surface area is 202 Å². The number of benzene rings is 2. The van der Waals surface area contributed by atoms with Gasteiger partial charge in [0.2, 0.25) is 0 Å². The molecule has 0 saturated heterocycles. The van der Waals surface area contributed by atoms with Crippen LogP contribution in [0.4, 0.5) is 0 Å². The van der Waals surface area contributed by atoms with Crippen LogP contribution in [0.15, 0.2) is 71.8 Å². The number of carbonyl (C=O) groups is 1. The summed E-state index contributed by atoms with van der Waals surface area (Å²) in [6, 6.07) is 16.3. The third kappa shape index (κ3) is 8.30. The summed E-state index contributed by atoms with van der Waals surface area (Å²) in [4.78, 5) is 14.8. The van der Waals surface area contributed by atoms with Crippen LogP contribution in [0, 0.1) is 0 Å². The van der Waals surface area contributed by atoms with Gasteiger partial charge < -0.3 is 20.1 Å². The number of nitrogens with two attached hydrogens (primary N) is 1. The average Bonchev–Trinajstić information content (AvgIpc) is 2.84. The highest BCUT2D eigenvalue weighted by Crippen LogP contribution is 2.29. The molecule has 0 bridgehead atoms. The van der Waals surface area contributed by atoms with Crippen LogP contribution in [0.5, 0.6) is 5.75 Å². The lowest BCUT2D eigenvalue weighted by Crippen LogP contribution is -2.25. The Hall–Kier alpha value is -2.70. The van der Waals surface area contributed by atoms with Gasteiger partial charge >= 0.3 is 5.97 Å². The van der Waals surface area contributed by atoms with E-state index < -0.39 is 0 Å². The first-order valence-electron chi connectivity index (χ1n) is 11.2. The Bertz CT molecular complexity index is 941. The van der Waals surface area contributed by atoms with Gasteiger partial charge in [-0.25, -0.2) is 0 Å². The standard InChI is InChI=1S/C27H36N2O3S/c1-6-20(2)29(21(3)22-13-15-25(33-5)16-14-22)19-23-10-7-8-12-26(23)32-17-9-11-24(28)18-27(30)31-4/h6-8,10,12-16,24H,3,9,11,17-19,28H2,1-2,4-5H3/b20-6-/t24-/m1/s1. The molecule has 1 atom stereocenters. The number of allylic oxidation sites excluding steroid dienone is 2. The molecule has 0 aliphatic heterocycles. The molecule has 6 heteroatoms. The van der Waals surface area contributed by atoms with Gasteiger partial charge in [-0.15, -0.1) is 11.8 Å². The van der Waals surface area contributed by atoms with E-state index in [9.17, 15) is 4.79 Å². The van der Waals surface area contributed by atoms with E-state index >= 15 is 0 Å². The Morgan fingerprint density at radius 2 is 1.91 bits per heavy atom. The molecule has 0 fully saturated rings. The van der Waals surface area contributed by atoms with E-state index in [0.29, 0.717) is 19.6 Å². The molecule has 0 unspecified atom stereocenters. The van der Waals surface area contributed by atoms with E-state index in [4.69, 9.17) is 10.5 Å². The zero-order chi connectivity index (χ0) is 24.2. The second kappa shape index (κ2) is 13.8. The van der Waals surface area contributed by atoms with Gasteiger partial charge in [0.25, 0.3) is 0 Å². The summed E-state index contributed by atoms with van der Waals surface area (Å²) in [5, 5.41) is 0. The number of nitrogens with zero attached hydrogens (tertiary/aromatic N) is 1. The zero-order valence-electron chi connectivity index (χ0n) is 20.2. The summed E-state index contributed by atoms with van der Waals surface area (Å²) in [5.74, 6) is 0.565. The van der Waals surface area contributed by atoms with Gasteiger partial charge in [0.05, 0.1) is 26.7 Å². The van der Waals surface area contributed by atoms with Crippen molar-refractivity contribution in [3.63, 3.8) is 0 Å². The van der Waals surface area contributed by atoms with Crippen molar-refractivity contribution < 1.29 is 14.3 Å². The van der Waals surface area contributed by atoms with Gasteiger partial charge in [-0.1, -0.05) is 43.0 Å². The average molecular weight is 469 g/mol. The highest BCUT2D eigenvalue weighted by molar-refractivity contribution is 7.98. The molecule has 0 heterocycles. The molecule has 5 nitrogen and oxygen atoms in total. The van der Waals surface area contributed by atoms with Crippen LogP contribution in [0.3, 0.4) is 0 Å². The normalized spacial score (nSPS) is 12.2. The molecule has 0 saturated carbocycles. The van der Waals surface area contributed by atoms with Gasteiger partial charge in [0.1, 0.15) is 5.75 Å². The van der Waals surface area contributed by atoms with Crippen molar-refractivity contribution >= 4 is 23.4 Å². The van der Waals surface area contributed by atoms with Crippen molar-refractivity contribution in [2.75, 3.05) is 20.0 Å². The topological polar surface area (TPSA) is 64.8 Å². The lowest BCUT2D eigenvalue weighted by molar-refractivity contribution is -0.141. The summed E-state index contributed by atoms with van der Waals surface area (Å²) < 4.78 is 10.8. The number of rotatable bonds is 13. The highest BCUT2D eigenvalue weighted by atomic mass is 32.2. The van der Waals surface area contributed by atoms with E-state index in [1.165, 1.54) is 12.0 Å². The second-order valence-electron chi connectivity index (χ2n) is 7.83. The Morgan fingerprint density at radius 3 is 2.55 bits per heavy atom. The van der Waals surface area contributed by atoms with Crippen molar-refractivity contribution in [3.05, 3.63) is 78.0 Å². The monoisotopic (exact) mass is 468 g/mol.